The van der Waals surface area contributed by atoms with Crippen LogP contribution < -0.4 is 20.1 Å². The van der Waals surface area contributed by atoms with Crippen LogP contribution in [0.4, 0.5) is 15.9 Å². The van der Waals surface area contributed by atoms with Gasteiger partial charge in [-0.3, -0.25) is 4.79 Å². The Hall–Kier alpha value is -3.61. The summed E-state index contributed by atoms with van der Waals surface area (Å²) in [4.78, 5) is 16.6. The van der Waals surface area contributed by atoms with Crippen molar-refractivity contribution < 1.29 is 18.7 Å². The van der Waals surface area contributed by atoms with Crippen molar-refractivity contribution in [2.24, 2.45) is 0 Å². The zero-order valence-electron chi connectivity index (χ0n) is 16.2. The summed E-state index contributed by atoms with van der Waals surface area (Å²) < 4.78 is 23.5. The predicted octanol–water partition coefficient (Wildman–Crippen LogP) is 4.14. The lowest BCUT2D eigenvalue weighted by molar-refractivity contribution is 0.102. The molecule has 0 fully saturated rings. The van der Waals surface area contributed by atoms with Crippen LogP contribution in [0.25, 0.3) is 0 Å². The highest BCUT2D eigenvalue weighted by Gasteiger charge is 2.08. The first kappa shape index (κ1) is 20.1. The smallest absolute Gasteiger partial charge is 0.255 e. The van der Waals surface area contributed by atoms with Gasteiger partial charge in [-0.15, -0.1) is 0 Å². The van der Waals surface area contributed by atoms with Gasteiger partial charge in [-0.1, -0.05) is 6.07 Å². The van der Waals surface area contributed by atoms with Crippen molar-refractivity contribution in [3.8, 4) is 11.5 Å². The van der Waals surface area contributed by atoms with Crippen LogP contribution in [-0.4, -0.2) is 31.7 Å². The van der Waals surface area contributed by atoms with Crippen molar-refractivity contribution in [3.05, 3.63) is 77.7 Å². The van der Waals surface area contributed by atoms with Crippen LogP contribution in [0, 0.1) is 5.82 Å². The lowest BCUT2D eigenvalue weighted by atomic mass is 10.1. The molecule has 29 heavy (non-hydrogen) atoms. The fraction of sp³-hybridized carbons (Fsp3) is 0.182. The number of ether oxygens (including phenoxy) is 2. The lowest BCUT2D eigenvalue weighted by Crippen LogP contribution is -2.13. The minimum Gasteiger partial charge on any atom is -0.493 e. The molecule has 0 atom stereocenters. The standard InChI is InChI=1S/C22H22FN3O3/c1-28-19-8-3-15(13-20(19)29-2)9-11-24-21-14-16(10-12-25-21)22(27)26-18-6-4-17(23)5-7-18/h3-8,10,12-14H,9,11H2,1-2H3,(H,24,25)(H,26,27). The van der Waals surface area contributed by atoms with Crippen molar-refractivity contribution in [3.63, 3.8) is 0 Å². The minimum absolute atomic E-state index is 0.290. The molecular weight excluding hydrogens is 373 g/mol. The van der Waals surface area contributed by atoms with E-state index in [1.807, 2.05) is 18.2 Å². The fourth-order valence-electron chi connectivity index (χ4n) is 2.78. The molecule has 2 aromatic carbocycles. The molecule has 0 spiro atoms. The molecule has 1 heterocycles. The number of rotatable bonds is 8. The summed E-state index contributed by atoms with van der Waals surface area (Å²) in [5.74, 6) is 1.32. The van der Waals surface area contributed by atoms with E-state index in [4.69, 9.17) is 9.47 Å². The summed E-state index contributed by atoms with van der Waals surface area (Å²) >= 11 is 0. The molecule has 7 heteroatoms. The Kier molecular flexibility index (Phi) is 6.63. The maximum absolute atomic E-state index is 13.0. The average molecular weight is 395 g/mol. The Morgan fingerprint density at radius 2 is 1.76 bits per heavy atom. The van der Waals surface area contributed by atoms with E-state index in [1.165, 1.54) is 24.3 Å². The molecule has 1 amide bonds. The molecule has 0 saturated carbocycles. The van der Waals surface area contributed by atoms with Gasteiger partial charge < -0.3 is 20.1 Å². The highest BCUT2D eigenvalue weighted by atomic mass is 19.1. The first-order valence-corrected chi connectivity index (χ1v) is 9.07. The average Bonchev–Trinajstić information content (AvgIpc) is 2.75. The van der Waals surface area contributed by atoms with Crippen LogP contribution in [0.3, 0.4) is 0 Å². The number of pyridine rings is 1. The third-order valence-corrected chi connectivity index (χ3v) is 4.29. The molecular formula is C22H22FN3O3. The monoisotopic (exact) mass is 395 g/mol. The SMILES string of the molecule is COc1ccc(CCNc2cc(C(=O)Nc3ccc(F)cc3)ccn2)cc1OC. The number of nitrogens with one attached hydrogen (secondary N) is 2. The number of anilines is 2. The molecule has 6 nitrogen and oxygen atoms in total. The summed E-state index contributed by atoms with van der Waals surface area (Å²) in [7, 11) is 3.20. The molecule has 0 saturated heterocycles. The molecule has 2 N–H and O–H groups in total. The quantitative estimate of drug-likeness (QED) is 0.600. The maximum atomic E-state index is 13.0. The van der Waals surface area contributed by atoms with Crippen molar-refractivity contribution >= 4 is 17.4 Å². The van der Waals surface area contributed by atoms with E-state index in [0.717, 1.165) is 12.0 Å². The van der Waals surface area contributed by atoms with Gasteiger partial charge in [-0.25, -0.2) is 9.37 Å². The molecule has 0 aliphatic carbocycles. The number of nitrogens with zero attached hydrogens (tertiary/aromatic N) is 1. The number of aromatic nitrogens is 1. The highest BCUT2D eigenvalue weighted by molar-refractivity contribution is 6.04. The van der Waals surface area contributed by atoms with E-state index in [0.29, 0.717) is 35.1 Å². The molecule has 0 radical (unpaired) electrons. The van der Waals surface area contributed by atoms with Crippen LogP contribution in [0.2, 0.25) is 0 Å². The van der Waals surface area contributed by atoms with Crippen molar-refractivity contribution in [1.29, 1.82) is 0 Å². The number of benzene rings is 2. The van der Waals surface area contributed by atoms with Crippen LogP contribution in [0.1, 0.15) is 15.9 Å². The summed E-state index contributed by atoms with van der Waals surface area (Å²) in [6, 6.07) is 14.7. The first-order chi connectivity index (χ1) is 14.1. The summed E-state index contributed by atoms with van der Waals surface area (Å²) in [5, 5.41) is 5.94. The van der Waals surface area contributed by atoms with Gasteiger partial charge in [-0.2, -0.15) is 0 Å². The second-order valence-corrected chi connectivity index (χ2v) is 6.26. The Bertz CT molecular complexity index is 977. The van der Waals surface area contributed by atoms with Crippen molar-refractivity contribution in [2.45, 2.75) is 6.42 Å². The third-order valence-electron chi connectivity index (χ3n) is 4.29. The number of halogens is 1. The van der Waals surface area contributed by atoms with Gasteiger partial charge in [0, 0.05) is 24.0 Å². The maximum Gasteiger partial charge on any atom is 0.255 e. The van der Waals surface area contributed by atoms with Crippen LogP contribution >= 0.6 is 0 Å². The van der Waals surface area contributed by atoms with Crippen molar-refractivity contribution in [1.82, 2.24) is 4.98 Å². The van der Waals surface area contributed by atoms with Gasteiger partial charge in [0.25, 0.3) is 5.91 Å². The lowest BCUT2D eigenvalue weighted by Gasteiger charge is -2.11. The number of methoxy groups -OCH3 is 2. The third kappa shape index (κ3) is 5.44. The molecule has 3 rings (SSSR count). The molecule has 150 valence electrons. The van der Waals surface area contributed by atoms with Crippen molar-refractivity contribution in [2.75, 3.05) is 31.4 Å². The Labute approximate surface area is 168 Å². The zero-order chi connectivity index (χ0) is 20.6. The van der Waals surface area contributed by atoms with Crippen LogP contribution in [0.5, 0.6) is 11.5 Å². The normalized spacial score (nSPS) is 10.3. The summed E-state index contributed by atoms with van der Waals surface area (Å²) in [5.41, 5.74) is 2.06. The van der Waals surface area contributed by atoms with Gasteiger partial charge in [0.05, 0.1) is 14.2 Å². The topological polar surface area (TPSA) is 72.5 Å². The molecule has 0 aliphatic rings. The van der Waals surface area contributed by atoms with Crippen LogP contribution in [0.15, 0.2) is 60.8 Å². The number of carbonyl (C=O) groups excluding carboxylic acids is 1. The molecule has 0 unspecified atom stereocenters. The number of amides is 1. The molecule has 0 bridgehead atoms. The van der Waals surface area contributed by atoms with Gasteiger partial charge in [0.15, 0.2) is 11.5 Å². The highest BCUT2D eigenvalue weighted by Crippen LogP contribution is 2.27. The van der Waals surface area contributed by atoms with Gasteiger partial charge in [-0.05, 0) is 60.5 Å². The fourth-order valence-corrected chi connectivity index (χ4v) is 2.78. The van der Waals surface area contributed by atoms with Crippen LogP contribution in [-0.2, 0) is 6.42 Å². The second-order valence-electron chi connectivity index (χ2n) is 6.26. The number of hydrogen-bond donors (Lipinski definition) is 2. The van der Waals surface area contributed by atoms with E-state index < -0.39 is 0 Å². The van der Waals surface area contributed by atoms with Gasteiger partial charge in [0.1, 0.15) is 11.6 Å². The number of carbonyl (C=O) groups is 1. The largest absolute Gasteiger partial charge is 0.493 e. The zero-order valence-corrected chi connectivity index (χ0v) is 16.2. The van der Waals surface area contributed by atoms with Gasteiger partial charge in [0.2, 0.25) is 0 Å². The minimum atomic E-state index is -0.354. The Morgan fingerprint density at radius 1 is 1.00 bits per heavy atom. The molecule has 3 aromatic rings. The molecule has 1 aromatic heterocycles. The number of hydrogen-bond acceptors (Lipinski definition) is 5. The predicted molar refractivity (Wildman–Crippen MR) is 110 cm³/mol. The van der Waals surface area contributed by atoms with E-state index in [9.17, 15) is 9.18 Å². The van der Waals surface area contributed by atoms with E-state index in [2.05, 4.69) is 15.6 Å². The van der Waals surface area contributed by atoms with E-state index in [1.54, 1.807) is 32.5 Å². The second kappa shape index (κ2) is 9.54. The first-order valence-electron chi connectivity index (χ1n) is 9.07. The Balaban J connectivity index is 1.58. The van der Waals surface area contributed by atoms with E-state index >= 15 is 0 Å². The summed E-state index contributed by atoms with van der Waals surface area (Å²) in [6.45, 7) is 0.630. The summed E-state index contributed by atoms with van der Waals surface area (Å²) in [6.07, 6.45) is 2.31. The Morgan fingerprint density at radius 3 is 2.48 bits per heavy atom. The van der Waals surface area contributed by atoms with E-state index in [-0.39, 0.29) is 11.7 Å². The van der Waals surface area contributed by atoms with Gasteiger partial charge >= 0.3 is 0 Å². The molecule has 0 aliphatic heterocycles.